The van der Waals surface area contributed by atoms with Crippen LogP contribution in [0.25, 0.3) is 0 Å². The molecule has 9 rings (SSSR count). The van der Waals surface area contributed by atoms with Crippen molar-refractivity contribution in [3.8, 4) is 0 Å². The predicted octanol–water partition coefficient (Wildman–Crippen LogP) is 15.8. The van der Waals surface area contributed by atoms with Gasteiger partial charge < -0.3 is 0 Å². The monoisotopic (exact) mass is 806 g/mol. The van der Waals surface area contributed by atoms with Gasteiger partial charge in [-0.05, 0) is 154 Å². The lowest BCUT2D eigenvalue weighted by Crippen LogP contribution is -2.19. The summed E-state index contributed by atoms with van der Waals surface area (Å²) in [7, 11) is -0.399. The summed E-state index contributed by atoms with van der Waals surface area (Å²) in [6.07, 6.45) is 4.95. The van der Waals surface area contributed by atoms with E-state index >= 15 is 0 Å². The van der Waals surface area contributed by atoms with Crippen molar-refractivity contribution in [3.63, 3.8) is 0 Å². The van der Waals surface area contributed by atoms with Crippen molar-refractivity contribution in [1.82, 2.24) is 0 Å². The topological polar surface area (TPSA) is 0 Å². The van der Waals surface area contributed by atoms with Gasteiger partial charge in [0.15, 0.2) is 29.4 Å². The molecule has 6 aromatic rings. The summed E-state index contributed by atoms with van der Waals surface area (Å²) >= 11 is 1.85. The number of benzene rings is 6. The van der Waals surface area contributed by atoms with E-state index in [0.29, 0.717) is 0 Å². The Bertz CT molecular complexity index is 2110. The molecule has 57 heavy (non-hydrogen) atoms. The lowest BCUT2D eigenvalue weighted by molar-refractivity contribution is 0.403. The molecule has 3 heteroatoms. The molecule has 0 spiro atoms. The van der Waals surface area contributed by atoms with Crippen molar-refractivity contribution in [2.75, 3.05) is 0 Å². The molecular formula is C54H62S3+2. The third kappa shape index (κ3) is 9.65. The number of hydrogen-bond donors (Lipinski definition) is 0. The minimum absolute atomic E-state index is 0.125. The summed E-state index contributed by atoms with van der Waals surface area (Å²) in [6.45, 7) is 23.4. The van der Waals surface area contributed by atoms with E-state index in [2.05, 4.69) is 215 Å². The lowest BCUT2D eigenvalue weighted by atomic mass is 9.77. The molecule has 0 amide bonds. The summed E-state index contributed by atoms with van der Waals surface area (Å²) in [4.78, 5) is 10.7. The van der Waals surface area contributed by atoms with E-state index in [-0.39, 0.29) is 43.4 Å². The van der Waals surface area contributed by atoms with E-state index in [0.717, 1.165) is 0 Å². The SMILES string of the molecule is CC(C)(C)c1ccc([S+](c2ccc(Sc3ccc([S+]4c5ccc(cc5)C(C)(C)CCCCC(C)(C)c5ccc4cc5)cc3)cc2)c2ccc(C(C)(C)C)cc2)cc1. The quantitative estimate of drug-likeness (QED) is 0.151. The van der Waals surface area contributed by atoms with Gasteiger partial charge in [0.1, 0.15) is 0 Å². The third-order valence-corrected chi connectivity index (χ3v) is 17.3. The van der Waals surface area contributed by atoms with E-state index < -0.39 is 0 Å². The smallest absolute Gasteiger partial charge is 0.0901 e. The molecular weight excluding hydrogens is 745 g/mol. The molecule has 3 aliphatic heterocycles. The Morgan fingerprint density at radius 2 is 0.719 bits per heavy atom. The van der Waals surface area contributed by atoms with E-state index in [4.69, 9.17) is 0 Å². The first-order valence-electron chi connectivity index (χ1n) is 20.8. The maximum atomic E-state index is 2.42. The molecule has 0 aromatic heterocycles. The van der Waals surface area contributed by atoms with Crippen LogP contribution in [0.15, 0.2) is 185 Å². The van der Waals surface area contributed by atoms with Gasteiger partial charge in [-0.2, -0.15) is 0 Å². The highest BCUT2D eigenvalue weighted by Gasteiger charge is 2.33. The fraction of sp³-hybridized carbons (Fsp3) is 0.333. The number of hydrogen-bond acceptors (Lipinski definition) is 1. The second kappa shape index (κ2) is 16.6. The third-order valence-electron chi connectivity index (χ3n) is 11.9. The fourth-order valence-electron chi connectivity index (χ4n) is 7.93. The summed E-state index contributed by atoms with van der Waals surface area (Å²) < 4.78 is 0. The van der Waals surface area contributed by atoms with Crippen LogP contribution in [0.5, 0.6) is 0 Å². The van der Waals surface area contributed by atoms with Crippen LogP contribution in [-0.2, 0) is 43.4 Å². The minimum atomic E-state index is -0.204. The molecule has 3 heterocycles. The van der Waals surface area contributed by atoms with Gasteiger partial charge in [0.05, 0.1) is 21.8 Å². The first-order valence-corrected chi connectivity index (χ1v) is 24.0. The molecule has 0 nitrogen and oxygen atoms in total. The fourth-order valence-corrected chi connectivity index (χ4v) is 12.8. The van der Waals surface area contributed by atoms with Crippen LogP contribution in [0, 0.1) is 0 Å². The van der Waals surface area contributed by atoms with Crippen LogP contribution in [0.2, 0.25) is 0 Å². The maximum absolute atomic E-state index is 2.42. The van der Waals surface area contributed by atoms with Gasteiger partial charge in [-0.25, -0.2) is 0 Å². The zero-order valence-corrected chi connectivity index (χ0v) is 38.4. The second-order valence-corrected chi connectivity index (χ2v) is 24.4. The van der Waals surface area contributed by atoms with E-state index in [1.165, 1.54) is 87.1 Å². The van der Waals surface area contributed by atoms with Crippen LogP contribution in [-0.4, -0.2) is 0 Å². The average molecular weight is 807 g/mol. The van der Waals surface area contributed by atoms with Crippen molar-refractivity contribution < 1.29 is 0 Å². The maximum Gasteiger partial charge on any atom is 0.166 e. The molecule has 4 bridgehead atoms. The summed E-state index contributed by atoms with van der Waals surface area (Å²) in [5.41, 5.74) is 6.22. The molecule has 0 radical (unpaired) electrons. The largest absolute Gasteiger partial charge is 0.166 e. The normalized spacial score (nSPS) is 16.1. The summed E-state index contributed by atoms with van der Waals surface area (Å²) in [5.74, 6) is 0. The highest BCUT2D eigenvalue weighted by Crippen LogP contribution is 2.40. The van der Waals surface area contributed by atoms with Crippen LogP contribution < -0.4 is 0 Å². The first-order chi connectivity index (χ1) is 27.0. The summed E-state index contributed by atoms with van der Waals surface area (Å²) in [6, 6.07) is 56.6. The number of rotatable bonds is 6. The van der Waals surface area contributed by atoms with Crippen LogP contribution in [0.3, 0.4) is 0 Å². The van der Waals surface area contributed by atoms with Gasteiger partial charge in [-0.15, -0.1) is 0 Å². The second-order valence-electron chi connectivity index (χ2n) is 19.2. The Balaban J connectivity index is 1.16. The zero-order chi connectivity index (χ0) is 40.6. The Kier molecular flexibility index (Phi) is 12.1. The highest BCUT2D eigenvalue weighted by molar-refractivity contribution is 7.99. The minimum Gasteiger partial charge on any atom is -0.0901 e. The van der Waals surface area contributed by atoms with Gasteiger partial charge in [0, 0.05) is 9.79 Å². The Morgan fingerprint density at radius 1 is 0.421 bits per heavy atom. The van der Waals surface area contributed by atoms with E-state index in [9.17, 15) is 0 Å². The first kappa shape index (κ1) is 41.5. The van der Waals surface area contributed by atoms with Crippen molar-refractivity contribution in [2.24, 2.45) is 0 Å². The molecule has 0 aliphatic carbocycles. The Morgan fingerprint density at radius 3 is 1.05 bits per heavy atom. The molecule has 0 unspecified atom stereocenters. The van der Waals surface area contributed by atoms with E-state index in [1.54, 1.807) is 0 Å². The Hall–Kier alpha value is -3.63. The lowest BCUT2D eigenvalue weighted by Gasteiger charge is -2.28. The molecule has 0 N–H and O–H groups in total. The van der Waals surface area contributed by atoms with Gasteiger partial charge in [0.2, 0.25) is 0 Å². The predicted molar refractivity (Wildman–Crippen MR) is 249 cm³/mol. The molecule has 0 atom stereocenters. The van der Waals surface area contributed by atoms with Gasteiger partial charge in [-0.3, -0.25) is 0 Å². The molecule has 294 valence electrons. The molecule has 0 saturated carbocycles. The van der Waals surface area contributed by atoms with Gasteiger partial charge in [-0.1, -0.05) is 142 Å². The van der Waals surface area contributed by atoms with Gasteiger partial charge in [0.25, 0.3) is 0 Å². The van der Waals surface area contributed by atoms with E-state index in [1.807, 2.05) is 11.8 Å². The van der Waals surface area contributed by atoms with Crippen molar-refractivity contribution in [2.45, 2.75) is 156 Å². The Labute approximate surface area is 355 Å². The molecule has 3 aliphatic rings. The van der Waals surface area contributed by atoms with Crippen molar-refractivity contribution >= 4 is 33.6 Å². The highest BCUT2D eigenvalue weighted by atomic mass is 32.2. The molecule has 6 aromatic carbocycles. The molecule has 0 saturated heterocycles. The number of fused-ring (bicyclic) bond motifs is 2. The standard InChI is InChI=1S/C54H62S3/c1-51(2,3)39-13-25-45(26-14-39)56(46-27-15-40(16-28-46)52(4,5)6)49-33-21-43(22-34-49)55-44-23-35-50(36-24-44)57-47-29-17-41(18-30-47)53(7,8)37-11-12-38-54(9,10)42-19-31-48(57)32-20-42/h13-36H,11-12,37-38H2,1-10H3/q+2. The van der Waals surface area contributed by atoms with Crippen molar-refractivity contribution in [3.05, 3.63) is 168 Å². The van der Waals surface area contributed by atoms with Crippen LogP contribution in [0.4, 0.5) is 0 Å². The van der Waals surface area contributed by atoms with Crippen molar-refractivity contribution in [1.29, 1.82) is 0 Å². The van der Waals surface area contributed by atoms with Gasteiger partial charge >= 0.3 is 0 Å². The molecule has 0 fully saturated rings. The van der Waals surface area contributed by atoms with Crippen LogP contribution >= 0.6 is 11.8 Å². The van der Waals surface area contributed by atoms with Crippen LogP contribution in [0.1, 0.15) is 117 Å². The summed E-state index contributed by atoms with van der Waals surface area (Å²) in [5, 5.41) is 0. The average Bonchev–Trinajstić information content (AvgIpc) is 3.18. The zero-order valence-electron chi connectivity index (χ0n) is 35.9.